The molecule has 0 aliphatic heterocycles. The van der Waals surface area contributed by atoms with Crippen LogP contribution in [-0.4, -0.2) is 27.5 Å². The molecule has 28 heavy (non-hydrogen) atoms. The van der Waals surface area contributed by atoms with Crippen LogP contribution >= 0.6 is 11.8 Å². The van der Waals surface area contributed by atoms with Crippen molar-refractivity contribution in [3.8, 4) is 0 Å². The Kier molecular flexibility index (Phi) is 6.39. The van der Waals surface area contributed by atoms with E-state index in [-0.39, 0.29) is 17.6 Å². The van der Waals surface area contributed by atoms with Crippen LogP contribution in [0.25, 0.3) is 0 Å². The van der Waals surface area contributed by atoms with Crippen LogP contribution in [-0.2, 0) is 4.79 Å². The zero-order valence-electron chi connectivity index (χ0n) is 15.6. The highest BCUT2D eigenvalue weighted by atomic mass is 32.2. The van der Waals surface area contributed by atoms with Gasteiger partial charge in [0.05, 0.1) is 11.3 Å². The van der Waals surface area contributed by atoms with Gasteiger partial charge in [0.2, 0.25) is 5.91 Å². The molecule has 0 bridgehead atoms. The van der Waals surface area contributed by atoms with E-state index in [4.69, 9.17) is 0 Å². The number of aryl methyl sites for hydroxylation is 2. The van der Waals surface area contributed by atoms with Crippen LogP contribution in [0.2, 0.25) is 0 Å². The zero-order valence-corrected chi connectivity index (χ0v) is 16.4. The van der Waals surface area contributed by atoms with Crippen molar-refractivity contribution < 1.29 is 9.59 Å². The van der Waals surface area contributed by atoms with Gasteiger partial charge in [-0.1, -0.05) is 29.8 Å². The number of carbonyl (C=O) groups excluding carboxylic acids is 2. The molecule has 0 saturated heterocycles. The van der Waals surface area contributed by atoms with E-state index in [1.54, 1.807) is 31.3 Å². The van der Waals surface area contributed by atoms with E-state index < -0.39 is 0 Å². The van der Waals surface area contributed by atoms with Crippen molar-refractivity contribution in [3.63, 3.8) is 0 Å². The molecule has 1 aromatic heterocycles. The molecule has 0 radical (unpaired) electrons. The molecule has 0 unspecified atom stereocenters. The quantitative estimate of drug-likeness (QED) is 0.618. The monoisotopic (exact) mass is 392 g/mol. The smallest absolute Gasteiger partial charge is 0.257 e. The molecule has 0 saturated carbocycles. The van der Waals surface area contributed by atoms with E-state index >= 15 is 0 Å². The number of nitrogens with one attached hydrogen (secondary N) is 2. The fourth-order valence-electron chi connectivity index (χ4n) is 2.47. The number of aromatic nitrogens is 2. The number of hydrogen-bond donors (Lipinski definition) is 2. The van der Waals surface area contributed by atoms with Gasteiger partial charge in [0.1, 0.15) is 11.6 Å². The van der Waals surface area contributed by atoms with Crippen LogP contribution < -0.4 is 10.6 Å². The second-order valence-electron chi connectivity index (χ2n) is 6.14. The fraction of sp³-hybridized carbons (Fsp3) is 0.143. The second-order valence-corrected chi connectivity index (χ2v) is 7.16. The van der Waals surface area contributed by atoms with Gasteiger partial charge in [-0.3, -0.25) is 9.59 Å². The maximum absolute atomic E-state index is 12.6. The number of nitrogens with zero attached hydrogens (tertiary/aromatic N) is 2. The molecule has 1 heterocycles. The Bertz CT molecular complexity index is 990. The van der Waals surface area contributed by atoms with Gasteiger partial charge in [0, 0.05) is 16.8 Å². The third kappa shape index (κ3) is 5.40. The largest absolute Gasteiger partial charge is 0.325 e. The molecule has 0 fully saturated rings. The molecule has 142 valence electrons. The molecule has 2 amide bonds. The lowest BCUT2D eigenvalue weighted by atomic mass is 10.2. The molecular formula is C21H20N4O2S. The zero-order chi connectivity index (χ0) is 19.9. The third-order valence-corrected chi connectivity index (χ3v) is 4.92. The van der Waals surface area contributed by atoms with Crippen molar-refractivity contribution in [2.45, 2.75) is 18.7 Å². The lowest BCUT2D eigenvalue weighted by Gasteiger charge is -2.10. The third-order valence-electron chi connectivity index (χ3n) is 3.84. The lowest BCUT2D eigenvalue weighted by molar-refractivity contribution is -0.113. The van der Waals surface area contributed by atoms with Crippen molar-refractivity contribution in [2.24, 2.45) is 0 Å². The molecule has 0 spiro atoms. The van der Waals surface area contributed by atoms with Crippen molar-refractivity contribution in [2.75, 3.05) is 16.4 Å². The molecular weight excluding hydrogens is 372 g/mol. The summed E-state index contributed by atoms with van der Waals surface area (Å²) in [5.74, 6) is 0.809. The van der Waals surface area contributed by atoms with Crippen molar-refractivity contribution in [1.82, 2.24) is 9.97 Å². The number of rotatable bonds is 6. The average Bonchev–Trinajstić information content (AvgIpc) is 2.68. The highest BCUT2D eigenvalue weighted by molar-refractivity contribution is 8.00. The van der Waals surface area contributed by atoms with E-state index in [1.165, 1.54) is 11.8 Å². The molecule has 2 N–H and O–H groups in total. The first kappa shape index (κ1) is 19.6. The number of benzene rings is 2. The normalized spacial score (nSPS) is 10.4. The summed E-state index contributed by atoms with van der Waals surface area (Å²) in [6.07, 6.45) is 1.59. The number of amides is 2. The minimum absolute atomic E-state index is 0.129. The Morgan fingerprint density at radius 3 is 2.46 bits per heavy atom. The van der Waals surface area contributed by atoms with Gasteiger partial charge in [-0.25, -0.2) is 9.97 Å². The van der Waals surface area contributed by atoms with E-state index in [1.807, 2.05) is 43.3 Å². The van der Waals surface area contributed by atoms with Gasteiger partial charge in [-0.05, 0) is 44.2 Å². The summed E-state index contributed by atoms with van der Waals surface area (Å²) in [4.78, 5) is 33.8. The van der Waals surface area contributed by atoms with Gasteiger partial charge >= 0.3 is 0 Å². The first-order valence-electron chi connectivity index (χ1n) is 8.70. The molecule has 2 aromatic carbocycles. The minimum atomic E-state index is -0.278. The molecule has 3 aromatic rings. The Balaban J connectivity index is 1.64. The van der Waals surface area contributed by atoms with Crippen molar-refractivity contribution in [3.05, 3.63) is 77.7 Å². The molecule has 6 nitrogen and oxygen atoms in total. The number of carbonyl (C=O) groups is 2. The fourth-order valence-corrected chi connectivity index (χ4v) is 3.32. The lowest BCUT2D eigenvalue weighted by Crippen LogP contribution is -2.16. The predicted octanol–water partition coefficient (Wildman–Crippen LogP) is 4.08. The Hall–Kier alpha value is -3.19. The summed E-state index contributed by atoms with van der Waals surface area (Å²) in [5, 5.41) is 5.63. The van der Waals surface area contributed by atoms with Crippen LogP contribution in [0.5, 0.6) is 0 Å². The van der Waals surface area contributed by atoms with Crippen molar-refractivity contribution in [1.29, 1.82) is 0 Å². The topological polar surface area (TPSA) is 84.0 Å². The van der Waals surface area contributed by atoms with Crippen LogP contribution in [0.1, 0.15) is 21.7 Å². The van der Waals surface area contributed by atoms with Gasteiger partial charge in [0.15, 0.2) is 0 Å². The number of hydrogen-bond acceptors (Lipinski definition) is 5. The number of anilines is 2. The van der Waals surface area contributed by atoms with Gasteiger partial charge in [0.25, 0.3) is 5.91 Å². The highest BCUT2D eigenvalue weighted by Crippen LogP contribution is 2.24. The molecule has 0 aliphatic rings. The summed E-state index contributed by atoms with van der Waals surface area (Å²) in [5.41, 5.74) is 2.37. The maximum Gasteiger partial charge on any atom is 0.257 e. The number of thioether (sulfide) groups is 1. The molecule has 0 aliphatic carbocycles. The van der Waals surface area contributed by atoms with Crippen LogP contribution in [0.15, 0.2) is 65.7 Å². The van der Waals surface area contributed by atoms with Crippen LogP contribution in [0, 0.1) is 13.8 Å². The standard InChI is InChI=1S/C21H20N4O2S/c1-14-7-9-16(10-8-14)24-20(26)13-28-18-6-4-3-5-17(18)21(27)25-19-11-12-22-15(2)23-19/h3-12H,13H2,1-2H3,(H,24,26)(H,22,23,25,27). The van der Waals surface area contributed by atoms with Gasteiger partial charge in [-0.2, -0.15) is 0 Å². The van der Waals surface area contributed by atoms with Crippen LogP contribution in [0.3, 0.4) is 0 Å². The average molecular weight is 392 g/mol. The first-order chi connectivity index (χ1) is 13.5. The molecule has 0 atom stereocenters. The highest BCUT2D eigenvalue weighted by Gasteiger charge is 2.14. The summed E-state index contributed by atoms with van der Waals surface area (Å²) < 4.78 is 0. The maximum atomic E-state index is 12.6. The minimum Gasteiger partial charge on any atom is -0.325 e. The summed E-state index contributed by atoms with van der Waals surface area (Å²) in [7, 11) is 0. The van der Waals surface area contributed by atoms with E-state index in [2.05, 4.69) is 20.6 Å². The van der Waals surface area contributed by atoms with E-state index in [9.17, 15) is 9.59 Å². The second kappa shape index (κ2) is 9.14. The van der Waals surface area contributed by atoms with E-state index in [0.717, 1.165) is 16.1 Å². The molecule has 7 heteroatoms. The first-order valence-corrected chi connectivity index (χ1v) is 9.69. The summed E-state index contributed by atoms with van der Waals surface area (Å²) >= 11 is 1.31. The Labute approximate surface area is 167 Å². The van der Waals surface area contributed by atoms with Gasteiger partial charge in [-0.15, -0.1) is 11.8 Å². The summed E-state index contributed by atoms with van der Waals surface area (Å²) in [6, 6.07) is 16.4. The predicted molar refractivity (Wildman–Crippen MR) is 112 cm³/mol. The SMILES string of the molecule is Cc1ccc(NC(=O)CSc2ccccc2C(=O)Nc2ccnc(C)n2)cc1. The Morgan fingerprint density at radius 2 is 1.71 bits per heavy atom. The van der Waals surface area contributed by atoms with Crippen molar-refractivity contribution >= 4 is 35.1 Å². The molecule has 3 rings (SSSR count). The summed E-state index contributed by atoms with van der Waals surface area (Å²) in [6.45, 7) is 3.75. The van der Waals surface area contributed by atoms with Gasteiger partial charge < -0.3 is 10.6 Å². The van der Waals surface area contributed by atoms with Crippen LogP contribution in [0.4, 0.5) is 11.5 Å². The Morgan fingerprint density at radius 1 is 0.964 bits per heavy atom. The van der Waals surface area contributed by atoms with E-state index in [0.29, 0.717) is 17.2 Å².